The van der Waals surface area contributed by atoms with E-state index in [-0.39, 0.29) is 21.8 Å². The molecule has 6 nitrogen and oxygen atoms in total. The maximum atomic E-state index is 13.0. The zero-order valence-corrected chi connectivity index (χ0v) is 14.4. The fraction of sp³-hybridized carbons (Fsp3) is 0.0556. The van der Waals surface area contributed by atoms with Crippen molar-refractivity contribution < 1.29 is 23.4 Å². The molecule has 0 fully saturated rings. The quantitative estimate of drug-likeness (QED) is 0.515. The molecule has 1 aromatic heterocycles. The van der Waals surface area contributed by atoms with E-state index >= 15 is 0 Å². The Morgan fingerprint density at radius 3 is 2.69 bits per heavy atom. The highest BCUT2D eigenvalue weighted by molar-refractivity contribution is 8.03. The average Bonchev–Trinajstić information content (AvgIpc) is 3.10. The van der Waals surface area contributed by atoms with Gasteiger partial charge in [-0.1, -0.05) is 12.1 Å². The van der Waals surface area contributed by atoms with Gasteiger partial charge in [-0.25, -0.2) is 9.18 Å². The number of aliphatic carboxylic acids is 1. The Bertz CT molecular complexity index is 954. The third kappa shape index (κ3) is 4.28. The molecule has 0 atom stereocenters. The summed E-state index contributed by atoms with van der Waals surface area (Å²) in [6.07, 6.45) is 1.48. The third-order valence-electron chi connectivity index (χ3n) is 3.30. The molecule has 1 heterocycles. The highest BCUT2D eigenvalue weighted by Crippen LogP contribution is 2.30. The van der Waals surface area contributed by atoms with Crippen LogP contribution in [-0.4, -0.2) is 28.4 Å². The molecule has 0 radical (unpaired) electrons. The van der Waals surface area contributed by atoms with Crippen LogP contribution in [0.15, 0.2) is 63.1 Å². The Hall–Kier alpha value is -3.13. The summed E-state index contributed by atoms with van der Waals surface area (Å²) in [7, 11) is 1.53. The van der Waals surface area contributed by atoms with Gasteiger partial charge in [0, 0.05) is 5.56 Å². The van der Waals surface area contributed by atoms with Crippen molar-refractivity contribution in [3.63, 3.8) is 0 Å². The number of thioether (sulfide) groups is 1. The van der Waals surface area contributed by atoms with E-state index in [4.69, 9.17) is 9.15 Å². The average molecular weight is 372 g/mol. The van der Waals surface area contributed by atoms with Crippen LogP contribution in [0.25, 0.3) is 17.5 Å². The Morgan fingerprint density at radius 2 is 2.00 bits per heavy atom. The van der Waals surface area contributed by atoms with E-state index in [1.807, 2.05) is 0 Å². The smallest absolute Gasteiger partial charge is 0.342 e. The minimum absolute atomic E-state index is 0.00700. The molecule has 0 spiro atoms. The van der Waals surface area contributed by atoms with Crippen molar-refractivity contribution in [1.82, 2.24) is 10.2 Å². The Kier molecular flexibility index (Phi) is 5.33. The van der Waals surface area contributed by atoms with Crippen LogP contribution >= 0.6 is 11.8 Å². The van der Waals surface area contributed by atoms with Crippen LogP contribution in [0.1, 0.15) is 5.56 Å². The van der Waals surface area contributed by atoms with Gasteiger partial charge in [0.15, 0.2) is 0 Å². The number of methoxy groups -OCH3 is 1. The van der Waals surface area contributed by atoms with Crippen LogP contribution in [0.3, 0.4) is 0 Å². The van der Waals surface area contributed by atoms with Crippen molar-refractivity contribution in [1.29, 1.82) is 0 Å². The molecule has 0 unspecified atom stereocenters. The minimum Gasteiger partial charge on any atom is -0.497 e. The normalized spacial score (nSPS) is 11.4. The van der Waals surface area contributed by atoms with Crippen LogP contribution < -0.4 is 4.74 Å². The predicted octanol–water partition coefficient (Wildman–Crippen LogP) is 4.10. The first-order valence-electron chi connectivity index (χ1n) is 7.41. The van der Waals surface area contributed by atoms with E-state index in [0.29, 0.717) is 16.9 Å². The molecule has 132 valence electrons. The van der Waals surface area contributed by atoms with Crippen LogP contribution in [-0.2, 0) is 4.79 Å². The third-order valence-corrected chi connectivity index (χ3v) is 4.15. The van der Waals surface area contributed by atoms with Gasteiger partial charge >= 0.3 is 5.97 Å². The second-order valence-corrected chi connectivity index (χ2v) is 6.07. The highest BCUT2D eigenvalue weighted by atomic mass is 32.2. The van der Waals surface area contributed by atoms with E-state index in [1.54, 1.807) is 24.3 Å². The topological polar surface area (TPSA) is 85.5 Å². The maximum absolute atomic E-state index is 13.0. The molecule has 0 saturated heterocycles. The molecule has 0 aliphatic rings. The van der Waals surface area contributed by atoms with E-state index < -0.39 is 5.97 Å². The lowest BCUT2D eigenvalue weighted by atomic mass is 10.2. The van der Waals surface area contributed by atoms with E-state index in [2.05, 4.69) is 10.2 Å². The zero-order chi connectivity index (χ0) is 18.5. The van der Waals surface area contributed by atoms with Gasteiger partial charge in [-0.3, -0.25) is 0 Å². The molecular weight excluding hydrogens is 359 g/mol. The summed E-state index contributed by atoms with van der Waals surface area (Å²) in [6, 6.07) is 12.5. The van der Waals surface area contributed by atoms with Crippen molar-refractivity contribution in [3.8, 4) is 17.2 Å². The van der Waals surface area contributed by atoms with Crippen LogP contribution in [0.2, 0.25) is 0 Å². The Labute approximate surface area is 152 Å². The van der Waals surface area contributed by atoms with Gasteiger partial charge in [-0.05, 0) is 59.8 Å². The summed E-state index contributed by atoms with van der Waals surface area (Å²) in [5.41, 5.74) is 1.20. The summed E-state index contributed by atoms with van der Waals surface area (Å²) < 4.78 is 23.6. The monoisotopic (exact) mass is 372 g/mol. The molecule has 3 rings (SSSR count). The molecule has 0 aliphatic heterocycles. The van der Waals surface area contributed by atoms with Gasteiger partial charge in [-0.2, -0.15) is 0 Å². The first-order chi connectivity index (χ1) is 12.5. The van der Waals surface area contributed by atoms with Crippen molar-refractivity contribution >= 4 is 23.8 Å². The molecule has 1 N–H and O–H groups in total. The molecule has 0 saturated carbocycles. The predicted molar refractivity (Wildman–Crippen MR) is 94.2 cm³/mol. The number of carboxylic acids is 1. The molecule has 3 aromatic rings. The van der Waals surface area contributed by atoms with Gasteiger partial charge < -0.3 is 14.3 Å². The van der Waals surface area contributed by atoms with Crippen LogP contribution in [0.4, 0.5) is 4.39 Å². The Balaban J connectivity index is 1.83. The number of carboxylic acid groups (broad SMARTS) is 1. The van der Waals surface area contributed by atoms with E-state index in [1.165, 1.54) is 37.5 Å². The lowest BCUT2D eigenvalue weighted by Gasteiger charge is -2.02. The van der Waals surface area contributed by atoms with Gasteiger partial charge in [0.1, 0.15) is 16.5 Å². The maximum Gasteiger partial charge on any atom is 0.342 e. The molecule has 0 amide bonds. The van der Waals surface area contributed by atoms with Crippen molar-refractivity contribution in [2.24, 2.45) is 0 Å². The van der Waals surface area contributed by atoms with Crippen molar-refractivity contribution in [2.45, 2.75) is 5.22 Å². The molecule has 0 aliphatic carbocycles. The van der Waals surface area contributed by atoms with Crippen molar-refractivity contribution in [3.05, 3.63) is 64.8 Å². The first-order valence-corrected chi connectivity index (χ1v) is 8.23. The number of benzene rings is 2. The van der Waals surface area contributed by atoms with Gasteiger partial charge in [0.2, 0.25) is 5.89 Å². The highest BCUT2D eigenvalue weighted by Gasteiger charge is 2.16. The lowest BCUT2D eigenvalue weighted by molar-refractivity contribution is -0.131. The number of carbonyl (C=O) groups is 1. The number of aromatic nitrogens is 2. The largest absolute Gasteiger partial charge is 0.497 e. The fourth-order valence-corrected chi connectivity index (χ4v) is 2.74. The number of halogens is 1. The van der Waals surface area contributed by atoms with Crippen molar-refractivity contribution in [2.75, 3.05) is 7.11 Å². The van der Waals surface area contributed by atoms with Crippen LogP contribution in [0, 0.1) is 5.82 Å². The Morgan fingerprint density at radius 1 is 1.23 bits per heavy atom. The second-order valence-electron chi connectivity index (χ2n) is 5.07. The summed E-state index contributed by atoms with van der Waals surface area (Å²) in [6.45, 7) is 0. The zero-order valence-electron chi connectivity index (χ0n) is 13.5. The number of hydrogen-bond donors (Lipinski definition) is 1. The molecule has 26 heavy (non-hydrogen) atoms. The first kappa shape index (κ1) is 17.7. The number of hydrogen-bond acceptors (Lipinski definition) is 6. The second kappa shape index (κ2) is 7.83. The molecule has 8 heteroatoms. The number of rotatable bonds is 6. The van der Waals surface area contributed by atoms with Gasteiger partial charge in [0.25, 0.3) is 5.22 Å². The standard InChI is InChI=1S/C18H13FN2O4S/c1-24-14-4-2-3-11(9-14)10-15(17(22)23)26-18-21-20-16(25-18)12-5-7-13(19)8-6-12/h2-10H,1H3,(H,22,23)/b15-10+. The molecule has 2 aromatic carbocycles. The molecular formula is C18H13FN2O4S. The number of ether oxygens (including phenoxy) is 1. The fourth-order valence-electron chi connectivity index (χ4n) is 2.07. The SMILES string of the molecule is COc1cccc(/C=C(/Sc2nnc(-c3ccc(F)cc3)o2)C(=O)O)c1. The summed E-state index contributed by atoms with van der Waals surface area (Å²) in [5, 5.41) is 17.2. The number of nitrogens with zero attached hydrogens (tertiary/aromatic N) is 2. The minimum atomic E-state index is -1.13. The van der Waals surface area contributed by atoms with E-state index in [0.717, 1.165) is 11.8 Å². The summed E-state index contributed by atoms with van der Waals surface area (Å²) in [5.74, 6) is -0.708. The van der Waals surface area contributed by atoms with E-state index in [9.17, 15) is 14.3 Å². The summed E-state index contributed by atoms with van der Waals surface area (Å²) >= 11 is 0.830. The lowest BCUT2D eigenvalue weighted by Crippen LogP contribution is -1.97. The van der Waals surface area contributed by atoms with Crippen LogP contribution in [0.5, 0.6) is 5.75 Å². The molecule has 0 bridgehead atoms. The summed E-state index contributed by atoms with van der Waals surface area (Å²) in [4.78, 5) is 11.5. The van der Waals surface area contributed by atoms with Gasteiger partial charge in [0.05, 0.1) is 7.11 Å². The van der Waals surface area contributed by atoms with Gasteiger partial charge in [-0.15, -0.1) is 10.2 Å².